The third-order valence-corrected chi connectivity index (χ3v) is 12.7. The van der Waals surface area contributed by atoms with Gasteiger partial charge in [0.05, 0.1) is 30.9 Å². The highest BCUT2D eigenvalue weighted by molar-refractivity contribution is 7.84. The number of hydrogen-bond acceptors (Lipinski definition) is 11. The lowest BCUT2D eigenvalue weighted by atomic mass is 9.43. The van der Waals surface area contributed by atoms with E-state index in [1.165, 1.54) is 28.8 Å². The van der Waals surface area contributed by atoms with Crippen LogP contribution in [0, 0.1) is 12.7 Å². The first kappa shape index (κ1) is 32.1. The molecule has 0 spiro atoms. The largest absolute Gasteiger partial charge is 0.463 e. The molecule has 1 N–H and O–H groups in total. The van der Waals surface area contributed by atoms with Gasteiger partial charge in [-0.1, -0.05) is 12.1 Å². The number of piperazine rings is 1. The number of fused-ring (bicyclic) bond motifs is 1. The monoisotopic (exact) mass is 687 g/mol. The summed E-state index contributed by atoms with van der Waals surface area (Å²) in [6, 6.07) is 3.90. The van der Waals surface area contributed by atoms with Gasteiger partial charge in [-0.25, -0.2) is 19.0 Å². The number of halogens is 1. The molecule has 2 atom stereocenters. The second kappa shape index (κ2) is 11.6. The molecule has 8 rings (SSSR count). The number of ether oxygens (including phenoxy) is 1. The number of benzene rings is 1. The summed E-state index contributed by atoms with van der Waals surface area (Å²) in [5, 5.41) is 5.86. The number of nitrogens with zero attached hydrogens (tertiary/aromatic N) is 6. The molecule has 2 amide bonds. The lowest BCUT2D eigenvalue weighted by molar-refractivity contribution is -0.187. The first-order chi connectivity index (χ1) is 22.4. The number of amides is 2. The van der Waals surface area contributed by atoms with Gasteiger partial charge in [0.25, 0.3) is 0 Å². The molecule has 0 unspecified atom stereocenters. The molecule has 2 bridgehead atoms. The van der Waals surface area contributed by atoms with Crippen LogP contribution in [0.15, 0.2) is 46.0 Å². The minimum absolute atomic E-state index is 0.0118. The van der Waals surface area contributed by atoms with Gasteiger partial charge in [-0.2, -0.15) is 12.7 Å². The number of aliphatic imine (C=N–C) groups is 1. The van der Waals surface area contributed by atoms with Crippen molar-refractivity contribution in [3.05, 3.63) is 63.0 Å². The molecule has 3 aliphatic carbocycles. The summed E-state index contributed by atoms with van der Waals surface area (Å²) in [7, 11) is -1.11. The van der Waals surface area contributed by atoms with Crippen molar-refractivity contribution in [2.24, 2.45) is 4.99 Å². The lowest BCUT2D eigenvalue weighted by Crippen LogP contribution is -2.83. The van der Waals surface area contributed by atoms with Gasteiger partial charge in [-0.15, -0.1) is 11.3 Å². The third-order valence-electron chi connectivity index (χ3n) is 10.4. The molecule has 252 valence electrons. The predicted octanol–water partition coefficient (Wildman–Crippen LogP) is 2.42. The molecular formula is C31H38FN7O6S2. The molecule has 2 aromatic rings. The van der Waals surface area contributed by atoms with Gasteiger partial charge >= 0.3 is 22.3 Å². The van der Waals surface area contributed by atoms with Crippen molar-refractivity contribution in [1.29, 1.82) is 0 Å². The van der Waals surface area contributed by atoms with Crippen molar-refractivity contribution < 1.29 is 31.3 Å². The highest BCUT2D eigenvalue weighted by Crippen LogP contribution is 2.67. The van der Waals surface area contributed by atoms with Gasteiger partial charge in [0.2, 0.25) is 0 Å². The van der Waals surface area contributed by atoms with E-state index in [-0.39, 0.29) is 30.0 Å². The van der Waals surface area contributed by atoms with Gasteiger partial charge in [0, 0.05) is 62.6 Å². The number of amidine groups is 1. The quantitative estimate of drug-likeness (QED) is 0.374. The molecule has 47 heavy (non-hydrogen) atoms. The third kappa shape index (κ3) is 5.15. The first-order valence-electron chi connectivity index (χ1n) is 15.7. The Morgan fingerprint density at radius 3 is 2.68 bits per heavy atom. The summed E-state index contributed by atoms with van der Waals surface area (Å²) < 4.78 is 51.0. The molecule has 6 aliphatic rings. The van der Waals surface area contributed by atoms with E-state index in [1.54, 1.807) is 32.2 Å². The van der Waals surface area contributed by atoms with Crippen LogP contribution in [0.25, 0.3) is 0 Å². The van der Waals surface area contributed by atoms with E-state index in [2.05, 4.69) is 15.2 Å². The molecular weight excluding hydrogens is 650 g/mol. The number of hydrogen-bond donors (Lipinski definition) is 1. The van der Waals surface area contributed by atoms with Gasteiger partial charge in [0.1, 0.15) is 11.9 Å². The van der Waals surface area contributed by atoms with Crippen LogP contribution in [0.2, 0.25) is 0 Å². The summed E-state index contributed by atoms with van der Waals surface area (Å²) in [6.45, 7) is 6.16. The molecule has 0 radical (unpaired) electrons. The smallest absolute Gasteiger partial charge is 0.338 e. The molecule has 1 aromatic carbocycles. The van der Waals surface area contributed by atoms with Crippen molar-refractivity contribution in [3.8, 4) is 0 Å². The number of thiazole rings is 1. The molecule has 16 heteroatoms. The molecule has 5 fully saturated rings. The molecule has 1 aromatic heterocycles. The van der Waals surface area contributed by atoms with Crippen molar-refractivity contribution in [2.45, 2.75) is 56.3 Å². The second-order valence-corrected chi connectivity index (χ2v) is 15.6. The number of rotatable bonds is 10. The maximum Gasteiger partial charge on any atom is 0.338 e. The van der Waals surface area contributed by atoms with E-state index >= 15 is 0 Å². The van der Waals surface area contributed by atoms with Crippen LogP contribution in [0.1, 0.15) is 48.4 Å². The van der Waals surface area contributed by atoms with Crippen molar-refractivity contribution in [1.82, 2.24) is 29.3 Å². The summed E-state index contributed by atoms with van der Waals surface area (Å²) in [5.41, 5.74) is 1.07. The Kier molecular flexibility index (Phi) is 7.94. The average molecular weight is 688 g/mol. The van der Waals surface area contributed by atoms with Crippen LogP contribution in [-0.2, 0) is 24.0 Å². The predicted molar refractivity (Wildman–Crippen MR) is 171 cm³/mol. The number of aromatic nitrogens is 1. The summed E-state index contributed by atoms with van der Waals surface area (Å²) in [4.78, 5) is 42.6. The van der Waals surface area contributed by atoms with E-state index in [1.807, 2.05) is 15.2 Å². The number of carbonyl (C=O) groups excluding carboxylic acids is 2. The Labute approximate surface area is 277 Å². The van der Waals surface area contributed by atoms with E-state index in [9.17, 15) is 22.4 Å². The normalized spacial score (nSPS) is 28.9. The van der Waals surface area contributed by atoms with E-state index < -0.39 is 27.9 Å². The van der Waals surface area contributed by atoms with E-state index in [4.69, 9.17) is 13.9 Å². The zero-order chi connectivity index (χ0) is 33.3. The summed E-state index contributed by atoms with van der Waals surface area (Å²) in [5.74, 6) is -0.412. The fraction of sp³-hybridized carbons (Fsp3) is 0.548. The van der Waals surface area contributed by atoms with Crippen molar-refractivity contribution >= 4 is 39.5 Å². The van der Waals surface area contributed by atoms with Gasteiger partial charge in [0.15, 0.2) is 10.8 Å². The Hall–Kier alpha value is -3.44. The number of urea groups is 1. The van der Waals surface area contributed by atoms with Crippen LogP contribution >= 0.6 is 11.3 Å². The Morgan fingerprint density at radius 1 is 1.23 bits per heavy atom. The van der Waals surface area contributed by atoms with Crippen molar-refractivity contribution in [2.75, 3.05) is 53.5 Å². The fourth-order valence-electron chi connectivity index (χ4n) is 7.95. The highest BCUT2D eigenvalue weighted by Gasteiger charge is 2.75. The Bertz CT molecular complexity index is 1760. The van der Waals surface area contributed by atoms with E-state index in [0.29, 0.717) is 85.2 Å². The maximum absolute atomic E-state index is 14.8. The molecule has 13 nitrogen and oxygen atoms in total. The SMILES string of the molecule is CCOC(=O)C1=C(CN2CCN3C(=O)N(C45CC(N(C)S(=O)(=O)OC)(C4)C5)C[C@@H]3C2)NC(c2nccs2)=N[C@H]1c1cccc(F)c1C. The average Bonchev–Trinajstić information content (AvgIpc) is 3.66. The Morgan fingerprint density at radius 2 is 2.00 bits per heavy atom. The van der Waals surface area contributed by atoms with Crippen LogP contribution in [0.3, 0.4) is 0 Å². The second-order valence-electron chi connectivity index (χ2n) is 13.0. The summed E-state index contributed by atoms with van der Waals surface area (Å²) >= 11 is 1.41. The molecule has 4 heterocycles. The number of nitrogens with one attached hydrogen (secondary N) is 1. The van der Waals surface area contributed by atoms with Gasteiger partial charge < -0.3 is 19.9 Å². The maximum atomic E-state index is 14.8. The molecule has 3 saturated carbocycles. The molecule has 3 aliphatic heterocycles. The minimum Gasteiger partial charge on any atom is -0.463 e. The lowest BCUT2D eigenvalue weighted by Gasteiger charge is -2.74. The van der Waals surface area contributed by atoms with Crippen molar-refractivity contribution in [3.63, 3.8) is 0 Å². The van der Waals surface area contributed by atoms with Crippen LogP contribution in [0.4, 0.5) is 9.18 Å². The minimum atomic E-state index is -3.80. The first-order valence-corrected chi connectivity index (χ1v) is 17.9. The van der Waals surface area contributed by atoms with E-state index in [0.717, 1.165) is 7.11 Å². The summed E-state index contributed by atoms with van der Waals surface area (Å²) in [6.07, 6.45) is 3.46. The standard InChI is InChI=1S/C31H38FN7O6S2/c1-5-45-28(40)24-23(34-26(27-33-9-12-46-27)35-25(24)21-7-6-8-22(32)19(21)2)15-37-10-11-38-20(13-37)14-39(29(38)41)31-16-30(17-31,18-31)36(3)47(42,43)44-4/h6-9,12,20,25H,5,10-11,13-18H2,1-4H3,(H,34,35)/t20-,25-,30?,31?/m0/s1. The van der Waals surface area contributed by atoms with Crippen LogP contribution in [0.5, 0.6) is 0 Å². The topological polar surface area (TPSA) is 137 Å². The van der Waals surface area contributed by atoms with Crippen LogP contribution < -0.4 is 5.32 Å². The fourth-order valence-corrected chi connectivity index (χ4v) is 9.43. The number of carbonyl (C=O) groups is 2. The zero-order valence-corrected chi connectivity index (χ0v) is 28.4. The van der Waals surface area contributed by atoms with Crippen LogP contribution in [-0.4, -0.2) is 121 Å². The molecule has 2 saturated heterocycles. The zero-order valence-electron chi connectivity index (χ0n) is 26.7. The number of esters is 1. The highest BCUT2D eigenvalue weighted by atomic mass is 32.2. The Balaban J connectivity index is 1.13. The van der Waals surface area contributed by atoms with Gasteiger partial charge in [-0.05, 0) is 50.3 Å². The van der Waals surface area contributed by atoms with Gasteiger partial charge in [-0.3, -0.25) is 14.1 Å².